The molecule has 0 aromatic carbocycles. The van der Waals surface area contributed by atoms with Crippen LogP contribution in [0, 0.1) is 0 Å². The van der Waals surface area contributed by atoms with Crippen molar-refractivity contribution in [3.8, 4) is 0 Å². The number of ether oxygens (including phenoxy) is 3. The number of sulfone groups is 1. The lowest BCUT2D eigenvalue weighted by Crippen LogP contribution is -2.54. The molecular formula is C15H28BN5O5S. The van der Waals surface area contributed by atoms with Gasteiger partial charge in [-0.3, -0.25) is 9.58 Å². The Hall–Kier alpha value is -1.05. The van der Waals surface area contributed by atoms with Gasteiger partial charge in [0.2, 0.25) is 0 Å². The minimum atomic E-state index is -2.98. The van der Waals surface area contributed by atoms with E-state index in [1.165, 1.54) is 6.26 Å². The zero-order valence-corrected chi connectivity index (χ0v) is 16.6. The van der Waals surface area contributed by atoms with Gasteiger partial charge in [-0.15, -0.1) is 5.10 Å². The Morgan fingerprint density at radius 2 is 1.70 bits per heavy atom. The second-order valence-electron chi connectivity index (χ2n) is 6.42. The van der Waals surface area contributed by atoms with E-state index in [-0.39, 0.29) is 5.25 Å². The number of hydrogen-bond donors (Lipinski definition) is 1. The molecule has 0 atom stereocenters. The fourth-order valence-corrected chi connectivity index (χ4v) is 3.51. The van der Waals surface area contributed by atoms with Gasteiger partial charge in [0.15, 0.2) is 9.84 Å². The molecule has 0 unspecified atom stereocenters. The molecular weight excluding hydrogens is 373 g/mol. The largest absolute Gasteiger partial charge is 0.378 e. The molecule has 0 amide bonds. The summed E-state index contributed by atoms with van der Waals surface area (Å²) in [4.78, 5) is 1.99. The first-order valence-corrected chi connectivity index (χ1v) is 10.9. The lowest BCUT2D eigenvalue weighted by atomic mass is 10.0. The van der Waals surface area contributed by atoms with Crippen molar-refractivity contribution in [2.45, 2.75) is 18.3 Å². The van der Waals surface area contributed by atoms with Crippen LogP contribution in [0.1, 0.15) is 5.69 Å². The third-order valence-electron chi connectivity index (χ3n) is 4.20. The normalized spacial score (nSPS) is 15.9. The average molecular weight is 401 g/mol. The Bertz CT molecular complexity index is 666. The van der Waals surface area contributed by atoms with Gasteiger partial charge >= 0.3 is 0 Å². The first kappa shape index (κ1) is 22.2. The van der Waals surface area contributed by atoms with Gasteiger partial charge in [0.05, 0.1) is 57.1 Å². The molecule has 2 rings (SSSR count). The van der Waals surface area contributed by atoms with Crippen LogP contribution < -0.4 is 11.3 Å². The molecule has 0 saturated carbocycles. The van der Waals surface area contributed by atoms with Crippen LogP contribution in [0.3, 0.4) is 0 Å². The zero-order chi connectivity index (χ0) is 19.7. The predicted molar refractivity (Wildman–Crippen MR) is 101 cm³/mol. The number of hydrogen-bond acceptors (Lipinski definition) is 9. The van der Waals surface area contributed by atoms with E-state index in [1.54, 1.807) is 4.68 Å². The molecule has 0 bridgehead atoms. The van der Waals surface area contributed by atoms with Crippen LogP contribution in [0.2, 0.25) is 0 Å². The van der Waals surface area contributed by atoms with Crippen LogP contribution in [0.25, 0.3) is 0 Å². The molecule has 12 heteroatoms. The summed E-state index contributed by atoms with van der Waals surface area (Å²) in [6.07, 6.45) is 1.26. The van der Waals surface area contributed by atoms with Gasteiger partial charge in [-0.1, -0.05) is 5.21 Å². The van der Waals surface area contributed by atoms with Crippen LogP contribution in [0.4, 0.5) is 0 Å². The lowest BCUT2D eigenvalue weighted by Gasteiger charge is -2.37. The maximum absolute atomic E-state index is 11.4. The highest BCUT2D eigenvalue weighted by molar-refractivity contribution is 7.91. The number of nitrogens with two attached hydrogens (primary N) is 1. The van der Waals surface area contributed by atoms with E-state index in [0.29, 0.717) is 83.7 Å². The van der Waals surface area contributed by atoms with Crippen molar-refractivity contribution in [2.75, 3.05) is 65.5 Å². The van der Waals surface area contributed by atoms with Gasteiger partial charge in [-0.05, 0) is 0 Å². The van der Waals surface area contributed by atoms with E-state index < -0.39 is 9.84 Å². The van der Waals surface area contributed by atoms with Crippen molar-refractivity contribution in [1.82, 2.24) is 19.9 Å². The summed E-state index contributed by atoms with van der Waals surface area (Å²) in [7, 11) is 3.08. The molecule has 2 heterocycles. The Balaban J connectivity index is 1.57. The Kier molecular flexibility index (Phi) is 9.13. The highest BCUT2D eigenvalue weighted by Crippen LogP contribution is 2.16. The van der Waals surface area contributed by atoms with E-state index in [2.05, 4.69) is 10.3 Å². The molecule has 1 aliphatic heterocycles. The fraction of sp³-hybridized carbons (Fsp3) is 0.867. The Labute approximate surface area is 161 Å². The van der Waals surface area contributed by atoms with Crippen LogP contribution >= 0.6 is 0 Å². The molecule has 1 aromatic rings. The van der Waals surface area contributed by atoms with Gasteiger partial charge in [0, 0.05) is 38.0 Å². The summed E-state index contributed by atoms with van der Waals surface area (Å²) >= 11 is 0. The highest BCUT2D eigenvalue weighted by atomic mass is 32.2. The van der Waals surface area contributed by atoms with Gasteiger partial charge < -0.3 is 19.9 Å². The van der Waals surface area contributed by atoms with Crippen LogP contribution in [0.15, 0.2) is 0 Å². The van der Waals surface area contributed by atoms with Crippen molar-refractivity contribution < 1.29 is 22.6 Å². The topological polar surface area (TPSA) is 122 Å². The summed E-state index contributed by atoms with van der Waals surface area (Å²) in [6, 6.07) is 0. The fourth-order valence-electron chi connectivity index (χ4n) is 2.54. The number of rotatable bonds is 14. The smallest absolute Gasteiger partial charge is 0.152 e. The van der Waals surface area contributed by atoms with Gasteiger partial charge in [-0.2, -0.15) is 0 Å². The standard InChI is InChI=1S/C15H28BN5O5S/c1-27(22,23)13-10-20(11-13)12-14-15(16)21(19-18-14)3-5-25-7-9-26-8-6-24-4-2-17/h13H,2-12,17H2,1H3. The molecule has 1 aromatic heterocycles. The third kappa shape index (κ3) is 7.47. The predicted octanol–water partition coefficient (Wildman–Crippen LogP) is -2.69. The summed E-state index contributed by atoms with van der Waals surface area (Å²) in [5, 5.41) is 7.82. The maximum Gasteiger partial charge on any atom is 0.152 e. The summed E-state index contributed by atoms with van der Waals surface area (Å²) in [5.41, 5.74) is 6.44. The van der Waals surface area contributed by atoms with Crippen LogP contribution in [-0.4, -0.2) is 107 Å². The van der Waals surface area contributed by atoms with E-state index in [4.69, 9.17) is 27.8 Å². The number of likely N-dealkylation sites (tertiary alicyclic amines) is 1. The van der Waals surface area contributed by atoms with Crippen LogP contribution in [0.5, 0.6) is 0 Å². The summed E-state index contributed by atoms with van der Waals surface area (Å²) in [5.74, 6) is 0. The van der Waals surface area contributed by atoms with Crippen molar-refractivity contribution in [1.29, 1.82) is 0 Å². The minimum Gasteiger partial charge on any atom is -0.378 e. The second kappa shape index (κ2) is 11.1. The molecule has 0 spiro atoms. The van der Waals surface area contributed by atoms with Gasteiger partial charge in [0.25, 0.3) is 0 Å². The maximum atomic E-state index is 11.4. The average Bonchev–Trinajstić information content (AvgIpc) is 2.91. The molecule has 2 radical (unpaired) electrons. The third-order valence-corrected chi connectivity index (χ3v) is 5.71. The van der Waals surface area contributed by atoms with Crippen LogP contribution in [-0.2, 0) is 37.1 Å². The molecule has 1 fully saturated rings. The number of aromatic nitrogens is 3. The quantitative estimate of drug-likeness (QED) is 0.262. The Morgan fingerprint density at radius 3 is 2.30 bits per heavy atom. The first-order chi connectivity index (χ1) is 12.9. The highest BCUT2D eigenvalue weighted by Gasteiger charge is 2.34. The molecule has 152 valence electrons. The van der Waals surface area contributed by atoms with Crippen molar-refractivity contribution >= 4 is 23.3 Å². The molecule has 1 saturated heterocycles. The lowest BCUT2D eigenvalue weighted by molar-refractivity contribution is 0.0142. The molecule has 2 N–H and O–H groups in total. The molecule has 27 heavy (non-hydrogen) atoms. The summed E-state index contributed by atoms with van der Waals surface area (Å²) in [6.45, 7) is 5.49. The minimum absolute atomic E-state index is 0.295. The molecule has 1 aliphatic rings. The second-order valence-corrected chi connectivity index (χ2v) is 8.74. The molecule has 0 aliphatic carbocycles. The number of nitrogens with zero attached hydrogens (tertiary/aromatic N) is 4. The van der Waals surface area contributed by atoms with Gasteiger partial charge in [-0.25, -0.2) is 8.42 Å². The van der Waals surface area contributed by atoms with E-state index in [9.17, 15) is 8.42 Å². The van der Waals surface area contributed by atoms with Crippen molar-refractivity contribution in [2.24, 2.45) is 5.73 Å². The van der Waals surface area contributed by atoms with E-state index >= 15 is 0 Å². The first-order valence-electron chi connectivity index (χ1n) is 8.94. The SMILES string of the molecule is [B]c1c(CN2CC(S(C)(=O)=O)C2)nnn1CCOCCOCCOCCN. The van der Waals surface area contributed by atoms with Crippen molar-refractivity contribution in [3.63, 3.8) is 0 Å². The summed E-state index contributed by atoms with van der Waals surface area (Å²) < 4.78 is 40.5. The van der Waals surface area contributed by atoms with E-state index in [0.717, 1.165) is 0 Å². The Morgan fingerprint density at radius 1 is 1.11 bits per heavy atom. The van der Waals surface area contributed by atoms with E-state index in [1.807, 2.05) is 4.90 Å². The molecule has 10 nitrogen and oxygen atoms in total. The van der Waals surface area contributed by atoms with Gasteiger partial charge in [0.1, 0.15) is 7.85 Å². The van der Waals surface area contributed by atoms with Crippen molar-refractivity contribution in [3.05, 3.63) is 5.69 Å². The zero-order valence-electron chi connectivity index (χ0n) is 15.7. The monoisotopic (exact) mass is 401 g/mol.